The Kier molecular flexibility index (Phi) is 5.37. The summed E-state index contributed by atoms with van der Waals surface area (Å²) in [5, 5.41) is 4.34. The van der Waals surface area contributed by atoms with Crippen molar-refractivity contribution >= 4 is 28.1 Å². The molecule has 15 heteroatoms. The second-order valence-corrected chi connectivity index (χ2v) is 7.33. The van der Waals surface area contributed by atoms with E-state index in [4.69, 9.17) is 5.73 Å². The standard InChI is InChI=1S/C15H11F8N5OS/c16-13(17,15(21,22)23)5-25-4-7(3-24)8-9(14(18,19)20)26-12-28(11(8)29)27-10(30-12)6-1-2-6/h3-4,6H,1-2,5,24H2. The number of hydrogen-bond donors (Lipinski definition) is 1. The van der Waals surface area contributed by atoms with Crippen molar-refractivity contribution in [2.45, 2.75) is 37.0 Å². The van der Waals surface area contributed by atoms with Crippen LogP contribution >= 0.6 is 11.3 Å². The van der Waals surface area contributed by atoms with Crippen molar-refractivity contribution in [1.29, 1.82) is 0 Å². The second-order valence-electron chi connectivity index (χ2n) is 6.34. The van der Waals surface area contributed by atoms with Crippen LogP contribution in [0.15, 0.2) is 16.0 Å². The van der Waals surface area contributed by atoms with Gasteiger partial charge in [-0.25, -0.2) is 4.98 Å². The summed E-state index contributed by atoms with van der Waals surface area (Å²) in [5.74, 6) is -5.22. The van der Waals surface area contributed by atoms with Gasteiger partial charge in [-0.1, -0.05) is 11.3 Å². The number of rotatable bonds is 5. The molecule has 0 spiro atoms. The highest BCUT2D eigenvalue weighted by atomic mass is 32.1. The Morgan fingerprint density at radius 3 is 2.33 bits per heavy atom. The summed E-state index contributed by atoms with van der Waals surface area (Å²) in [7, 11) is 0. The molecule has 0 radical (unpaired) electrons. The molecule has 0 aromatic carbocycles. The molecule has 3 rings (SSSR count). The summed E-state index contributed by atoms with van der Waals surface area (Å²) < 4.78 is 104. The number of aliphatic imine (C=N–C) groups is 1. The lowest BCUT2D eigenvalue weighted by Gasteiger charge is -2.17. The van der Waals surface area contributed by atoms with Gasteiger partial charge < -0.3 is 5.73 Å². The third kappa shape index (κ3) is 4.15. The second kappa shape index (κ2) is 7.28. The summed E-state index contributed by atoms with van der Waals surface area (Å²) in [6, 6.07) is 0. The lowest BCUT2D eigenvalue weighted by Crippen LogP contribution is -2.39. The van der Waals surface area contributed by atoms with Gasteiger partial charge >= 0.3 is 18.3 Å². The predicted octanol–water partition coefficient (Wildman–Crippen LogP) is 3.62. The minimum absolute atomic E-state index is 0.00423. The predicted molar refractivity (Wildman–Crippen MR) is 90.6 cm³/mol. The van der Waals surface area contributed by atoms with Crippen molar-refractivity contribution in [2.24, 2.45) is 10.7 Å². The Morgan fingerprint density at radius 2 is 1.83 bits per heavy atom. The van der Waals surface area contributed by atoms with Gasteiger partial charge in [-0.2, -0.15) is 44.7 Å². The van der Waals surface area contributed by atoms with Crippen LogP contribution in [0.4, 0.5) is 35.1 Å². The third-order valence-electron chi connectivity index (χ3n) is 4.02. The van der Waals surface area contributed by atoms with Crippen molar-refractivity contribution in [1.82, 2.24) is 14.6 Å². The summed E-state index contributed by atoms with van der Waals surface area (Å²) in [5.41, 5.74) is 0.240. The molecule has 1 aliphatic carbocycles. The average Bonchev–Trinajstić information content (AvgIpc) is 3.37. The largest absolute Gasteiger partial charge is 0.455 e. The van der Waals surface area contributed by atoms with Crippen LogP contribution in [0.5, 0.6) is 0 Å². The molecule has 6 nitrogen and oxygen atoms in total. The zero-order valence-electron chi connectivity index (χ0n) is 14.6. The van der Waals surface area contributed by atoms with Gasteiger partial charge in [-0.05, 0) is 12.8 Å². The van der Waals surface area contributed by atoms with E-state index in [2.05, 4.69) is 15.1 Å². The first-order valence-electron chi connectivity index (χ1n) is 8.14. The Balaban J connectivity index is 2.09. The van der Waals surface area contributed by atoms with E-state index in [-0.39, 0.29) is 17.1 Å². The molecule has 0 aliphatic heterocycles. The van der Waals surface area contributed by atoms with Gasteiger partial charge in [0.2, 0.25) is 4.96 Å². The Bertz CT molecular complexity index is 1080. The van der Waals surface area contributed by atoms with Gasteiger partial charge in [-0.15, -0.1) is 0 Å². The Labute approximate surface area is 165 Å². The van der Waals surface area contributed by atoms with Crippen molar-refractivity contribution in [2.75, 3.05) is 6.54 Å². The van der Waals surface area contributed by atoms with Crippen molar-refractivity contribution < 1.29 is 35.1 Å². The zero-order chi connectivity index (χ0) is 22.5. The van der Waals surface area contributed by atoms with Crippen molar-refractivity contribution in [3.8, 4) is 0 Å². The van der Waals surface area contributed by atoms with Crippen LogP contribution in [0, 0.1) is 0 Å². The molecule has 2 N–H and O–H groups in total. The molecule has 164 valence electrons. The van der Waals surface area contributed by atoms with Crippen LogP contribution in [0.2, 0.25) is 0 Å². The lowest BCUT2D eigenvalue weighted by atomic mass is 10.1. The lowest BCUT2D eigenvalue weighted by molar-refractivity contribution is -0.276. The SMILES string of the molecule is NC=C(C=NCC(F)(F)C(F)(F)F)c1c(C(F)(F)F)nc2sc(C3CC3)nn2c1=O. The van der Waals surface area contributed by atoms with Crippen LogP contribution in [-0.4, -0.2) is 39.5 Å². The summed E-state index contributed by atoms with van der Waals surface area (Å²) >= 11 is 0.797. The first kappa shape index (κ1) is 22.1. The first-order chi connectivity index (χ1) is 13.8. The van der Waals surface area contributed by atoms with Gasteiger partial charge in [0.25, 0.3) is 5.56 Å². The highest BCUT2D eigenvalue weighted by molar-refractivity contribution is 7.16. The van der Waals surface area contributed by atoms with Crippen LogP contribution < -0.4 is 11.3 Å². The topological polar surface area (TPSA) is 85.6 Å². The molecule has 0 amide bonds. The molecule has 2 aromatic rings. The maximum atomic E-state index is 13.5. The highest BCUT2D eigenvalue weighted by Crippen LogP contribution is 2.42. The summed E-state index contributed by atoms with van der Waals surface area (Å²) in [4.78, 5) is 18.6. The number of alkyl halides is 8. The van der Waals surface area contributed by atoms with E-state index in [1.165, 1.54) is 0 Å². The molecule has 1 aliphatic rings. The summed E-state index contributed by atoms with van der Waals surface area (Å²) in [6.07, 6.45) is -8.88. The monoisotopic (exact) mass is 461 g/mol. The van der Waals surface area contributed by atoms with Crippen LogP contribution in [0.3, 0.4) is 0 Å². The van der Waals surface area contributed by atoms with Gasteiger partial charge in [0.1, 0.15) is 11.6 Å². The van der Waals surface area contributed by atoms with E-state index in [1.54, 1.807) is 0 Å². The maximum absolute atomic E-state index is 13.5. The minimum atomic E-state index is -5.91. The molecule has 0 unspecified atom stereocenters. The van der Waals surface area contributed by atoms with Crippen LogP contribution in [0.25, 0.3) is 10.5 Å². The molecule has 30 heavy (non-hydrogen) atoms. The quantitative estimate of drug-likeness (QED) is 0.545. The molecule has 2 aromatic heterocycles. The Morgan fingerprint density at radius 1 is 1.20 bits per heavy atom. The fourth-order valence-electron chi connectivity index (χ4n) is 2.36. The van der Waals surface area contributed by atoms with Crippen LogP contribution in [0.1, 0.15) is 35.0 Å². The van der Waals surface area contributed by atoms with Gasteiger partial charge in [-0.3, -0.25) is 9.79 Å². The Hall–Kier alpha value is -2.58. The highest BCUT2D eigenvalue weighted by Gasteiger charge is 2.57. The summed E-state index contributed by atoms with van der Waals surface area (Å²) in [6.45, 7) is -2.10. The van der Waals surface area contributed by atoms with Crippen molar-refractivity contribution in [3.05, 3.63) is 32.8 Å². The van der Waals surface area contributed by atoms with Crippen LogP contribution in [-0.2, 0) is 6.18 Å². The maximum Gasteiger partial charge on any atom is 0.455 e. The number of aromatic nitrogens is 3. The number of nitrogens with two attached hydrogens (primary N) is 1. The minimum Gasteiger partial charge on any atom is -0.404 e. The van der Waals surface area contributed by atoms with E-state index < -0.39 is 47.2 Å². The zero-order valence-corrected chi connectivity index (χ0v) is 15.4. The number of hydrogen-bond acceptors (Lipinski definition) is 6. The molecule has 1 fully saturated rings. The van der Waals surface area contributed by atoms with E-state index in [0.29, 0.717) is 15.7 Å². The van der Waals surface area contributed by atoms with Gasteiger partial charge in [0.05, 0.1) is 5.56 Å². The third-order valence-corrected chi connectivity index (χ3v) is 5.10. The molecule has 2 heterocycles. The smallest absolute Gasteiger partial charge is 0.404 e. The average molecular weight is 461 g/mol. The molecular weight excluding hydrogens is 450 g/mol. The van der Waals surface area contributed by atoms with Crippen molar-refractivity contribution in [3.63, 3.8) is 0 Å². The molecular formula is C15H11F8N5OS. The van der Waals surface area contributed by atoms with E-state index in [9.17, 15) is 39.9 Å². The first-order valence-corrected chi connectivity index (χ1v) is 8.95. The van der Waals surface area contributed by atoms with Gasteiger partial charge in [0.15, 0.2) is 5.69 Å². The fraction of sp³-hybridized carbons (Fsp3) is 0.467. The number of halogens is 8. The molecule has 1 saturated carbocycles. The van der Waals surface area contributed by atoms with E-state index in [1.807, 2.05) is 0 Å². The number of fused-ring (bicyclic) bond motifs is 1. The molecule has 0 bridgehead atoms. The number of nitrogens with zero attached hydrogens (tertiary/aromatic N) is 4. The van der Waals surface area contributed by atoms with E-state index >= 15 is 0 Å². The number of allylic oxidation sites excluding steroid dienone is 1. The molecule has 0 atom stereocenters. The normalized spacial score (nSPS) is 16.7. The van der Waals surface area contributed by atoms with Gasteiger partial charge in [0, 0.05) is 23.9 Å². The fourth-order valence-corrected chi connectivity index (χ4v) is 3.42. The van der Waals surface area contributed by atoms with E-state index in [0.717, 1.165) is 24.2 Å². The molecule has 0 saturated heterocycles.